The third kappa shape index (κ3) is 3.07. The van der Waals surface area contributed by atoms with Crippen LogP contribution in [-0.2, 0) is 0 Å². The molecule has 4 rings (SSSR count). The molecule has 122 valence electrons. The van der Waals surface area contributed by atoms with Gasteiger partial charge in [0.25, 0.3) is 0 Å². The van der Waals surface area contributed by atoms with E-state index in [2.05, 4.69) is 47.4 Å². The first-order valence-corrected chi connectivity index (χ1v) is 8.39. The van der Waals surface area contributed by atoms with Gasteiger partial charge in [-0.25, -0.2) is 0 Å². The summed E-state index contributed by atoms with van der Waals surface area (Å²) in [5.41, 5.74) is 5.49. The molecule has 1 aromatic heterocycles. The number of para-hydroxylation sites is 1. The van der Waals surface area contributed by atoms with E-state index < -0.39 is 0 Å². The van der Waals surface area contributed by atoms with Gasteiger partial charge >= 0.3 is 0 Å². The standard InChI is InChI=1S/C23H19NO/c25-22-11-5-4-9-20(22)23(18-7-2-1-3-8-18)19-14-12-17(13-15-19)21-10-6-16-24-21/h1-16,23-25H. The molecule has 0 aliphatic carbocycles. The van der Waals surface area contributed by atoms with Gasteiger partial charge in [0.15, 0.2) is 0 Å². The van der Waals surface area contributed by atoms with Crippen molar-refractivity contribution in [1.82, 2.24) is 4.98 Å². The number of phenolic OH excluding ortho intramolecular Hbond substituents is 1. The maximum absolute atomic E-state index is 10.4. The van der Waals surface area contributed by atoms with Crippen molar-refractivity contribution in [3.8, 4) is 17.0 Å². The highest BCUT2D eigenvalue weighted by molar-refractivity contribution is 5.60. The molecule has 1 unspecified atom stereocenters. The zero-order chi connectivity index (χ0) is 17.1. The Labute approximate surface area is 147 Å². The summed E-state index contributed by atoms with van der Waals surface area (Å²) in [6, 6.07) is 30.5. The summed E-state index contributed by atoms with van der Waals surface area (Å²) in [5, 5.41) is 10.4. The number of hydrogen-bond acceptors (Lipinski definition) is 1. The Kier molecular flexibility index (Phi) is 4.09. The van der Waals surface area contributed by atoms with E-state index in [1.807, 2.05) is 48.7 Å². The number of phenols is 1. The van der Waals surface area contributed by atoms with Gasteiger partial charge in [-0.15, -0.1) is 0 Å². The van der Waals surface area contributed by atoms with E-state index in [-0.39, 0.29) is 5.92 Å². The van der Waals surface area contributed by atoms with E-state index in [9.17, 15) is 5.11 Å². The second kappa shape index (κ2) is 6.70. The van der Waals surface area contributed by atoms with Crippen LogP contribution in [0.4, 0.5) is 0 Å². The van der Waals surface area contributed by atoms with Crippen molar-refractivity contribution >= 4 is 0 Å². The molecule has 0 amide bonds. The molecule has 2 heteroatoms. The van der Waals surface area contributed by atoms with Crippen molar-refractivity contribution in [3.63, 3.8) is 0 Å². The van der Waals surface area contributed by atoms with Crippen molar-refractivity contribution in [3.05, 3.63) is 114 Å². The maximum atomic E-state index is 10.4. The number of nitrogens with one attached hydrogen (secondary N) is 1. The minimum absolute atomic E-state index is 0.0000850. The topological polar surface area (TPSA) is 36.0 Å². The average molecular weight is 325 g/mol. The van der Waals surface area contributed by atoms with Gasteiger partial charge in [-0.3, -0.25) is 0 Å². The Morgan fingerprint density at radius 3 is 2.00 bits per heavy atom. The Balaban J connectivity index is 1.80. The lowest BCUT2D eigenvalue weighted by molar-refractivity contribution is 0.467. The molecule has 0 saturated heterocycles. The first kappa shape index (κ1) is 15.3. The summed E-state index contributed by atoms with van der Waals surface area (Å²) in [6.45, 7) is 0. The number of aromatic hydroxyl groups is 1. The summed E-state index contributed by atoms with van der Waals surface area (Å²) in [7, 11) is 0. The zero-order valence-electron chi connectivity index (χ0n) is 13.8. The number of aromatic nitrogens is 1. The normalized spacial score (nSPS) is 12.0. The van der Waals surface area contributed by atoms with Crippen LogP contribution in [0.3, 0.4) is 0 Å². The summed E-state index contributed by atoms with van der Waals surface area (Å²) < 4.78 is 0. The average Bonchev–Trinajstić information content (AvgIpc) is 3.20. The Hall–Kier alpha value is -3.26. The molecule has 0 fully saturated rings. The van der Waals surface area contributed by atoms with Crippen LogP contribution in [0.15, 0.2) is 97.2 Å². The van der Waals surface area contributed by atoms with E-state index in [1.165, 1.54) is 0 Å². The van der Waals surface area contributed by atoms with Crippen molar-refractivity contribution in [2.24, 2.45) is 0 Å². The van der Waals surface area contributed by atoms with E-state index >= 15 is 0 Å². The Morgan fingerprint density at radius 1 is 0.640 bits per heavy atom. The molecule has 2 N–H and O–H groups in total. The summed E-state index contributed by atoms with van der Waals surface area (Å²) >= 11 is 0. The molecule has 1 atom stereocenters. The van der Waals surface area contributed by atoms with Gasteiger partial charge in [0.1, 0.15) is 5.75 Å². The van der Waals surface area contributed by atoms with Gasteiger partial charge < -0.3 is 10.1 Å². The van der Waals surface area contributed by atoms with Crippen LogP contribution in [-0.4, -0.2) is 10.1 Å². The quantitative estimate of drug-likeness (QED) is 0.473. The second-order valence-corrected chi connectivity index (χ2v) is 6.11. The predicted octanol–water partition coefficient (Wildman–Crippen LogP) is 5.57. The van der Waals surface area contributed by atoms with Crippen LogP contribution in [0.5, 0.6) is 5.75 Å². The molecule has 0 saturated carbocycles. The molecule has 4 aromatic rings. The third-order valence-electron chi connectivity index (χ3n) is 4.53. The van der Waals surface area contributed by atoms with Crippen LogP contribution in [0.2, 0.25) is 0 Å². The molecule has 0 aliphatic rings. The highest BCUT2D eigenvalue weighted by Crippen LogP contribution is 2.37. The molecular weight excluding hydrogens is 306 g/mol. The first-order valence-electron chi connectivity index (χ1n) is 8.39. The molecule has 0 spiro atoms. The lowest BCUT2D eigenvalue weighted by atomic mass is 9.84. The summed E-state index contributed by atoms with van der Waals surface area (Å²) in [6.07, 6.45) is 1.93. The minimum Gasteiger partial charge on any atom is -0.508 e. The fourth-order valence-electron chi connectivity index (χ4n) is 3.29. The Morgan fingerprint density at radius 2 is 1.32 bits per heavy atom. The first-order chi connectivity index (χ1) is 12.3. The van der Waals surface area contributed by atoms with Crippen LogP contribution in [0.1, 0.15) is 22.6 Å². The molecule has 0 bridgehead atoms. The fraction of sp³-hybridized carbons (Fsp3) is 0.0435. The smallest absolute Gasteiger partial charge is 0.119 e. The van der Waals surface area contributed by atoms with Gasteiger partial charge in [0.2, 0.25) is 0 Å². The van der Waals surface area contributed by atoms with Crippen molar-refractivity contribution in [2.75, 3.05) is 0 Å². The summed E-state index contributed by atoms with van der Waals surface area (Å²) in [4.78, 5) is 3.23. The molecule has 1 heterocycles. The number of rotatable bonds is 4. The third-order valence-corrected chi connectivity index (χ3v) is 4.53. The van der Waals surface area contributed by atoms with Crippen molar-refractivity contribution in [1.29, 1.82) is 0 Å². The van der Waals surface area contributed by atoms with E-state index in [4.69, 9.17) is 0 Å². The number of benzene rings is 3. The van der Waals surface area contributed by atoms with Crippen LogP contribution in [0, 0.1) is 0 Å². The molecule has 3 aromatic carbocycles. The summed E-state index contributed by atoms with van der Waals surface area (Å²) in [5.74, 6) is 0.324. The van der Waals surface area contributed by atoms with Crippen LogP contribution >= 0.6 is 0 Å². The van der Waals surface area contributed by atoms with Gasteiger partial charge in [0.05, 0.1) is 0 Å². The van der Waals surface area contributed by atoms with Gasteiger partial charge in [-0.1, -0.05) is 72.8 Å². The fourth-order valence-corrected chi connectivity index (χ4v) is 3.29. The van der Waals surface area contributed by atoms with Crippen molar-refractivity contribution in [2.45, 2.75) is 5.92 Å². The van der Waals surface area contributed by atoms with E-state index in [0.29, 0.717) is 5.75 Å². The monoisotopic (exact) mass is 325 g/mol. The molecule has 25 heavy (non-hydrogen) atoms. The minimum atomic E-state index is 0.0000850. The number of hydrogen-bond donors (Lipinski definition) is 2. The molecule has 0 aliphatic heterocycles. The SMILES string of the molecule is Oc1ccccc1C(c1ccccc1)c1ccc(-c2ccc[nH]2)cc1. The predicted molar refractivity (Wildman–Crippen MR) is 102 cm³/mol. The van der Waals surface area contributed by atoms with Crippen molar-refractivity contribution < 1.29 is 5.11 Å². The van der Waals surface area contributed by atoms with Gasteiger partial charge in [-0.2, -0.15) is 0 Å². The van der Waals surface area contributed by atoms with Gasteiger partial charge in [-0.05, 0) is 34.9 Å². The lowest BCUT2D eigenvalue weighted by Gasteiger charge is -2.20. The highest BCUT2D eigenvalue weighted by atomic mass is 16.3. The Bertz CT molecular complexity index is 941. The van der Waals surface area contributed by atoms with Crippen LogP contribution in [0.25, 0.3) is 11.3 Å². The molecule has 2 nitrogen and oxygen atoms in total. The zero-order valence-corrected chi connectivity index (χ0v) is 13.8. The molecule has 0 radical (unpaired) electrons. The lowest BCUT2D eigenvalue weighted by Crippen LogP contribution is -2.03. The molecular formula is C23H19NO. The number of H-pyrrole nitrogens is 1. The van der Waals surface area contributed by atoms with Gasteiger partial charge in [0, 0.05) is 23.4 Å². The van der Waals surface area contributed by atoms with E-state index in [1.54, 1.807) is 6.07 Å². The number of aromatic amines is 1. The van der Waals surface area contributed by atoms with Crippen LogP contribution < -0.4 is 0 Å². The second-order valence-electron chi connectivity index (χ2n) is 6.11. The largest absolute Gasteiger partial charge is 0.508 e. The maximum Gasteiger partial charge on any atom is 0.119 e. The highest BCUT2D eigenvalue weighted by Gasteiger charge is 2.19. The van der Waals surface area contributed by atoms with E-state index in [0.717, 1.165) is 27.9 Å².